The van der Waals surface area contributed by atoms with Gasteiger partial charge in [0.2, 0.25) is 5.91 Å². The number of carbonyl (C=O) groups is 1. The molecule has 0 aliphatic carbocycles. The Morgan fingerprint density at radius 2 is 1.78 bits per heavy atom. The molecule has 0 aliphatic heterocycles. The van der Waals surface area contributed by atoms with Crippen molar-refractivity contribution in [2.45, 2.75) is 33.1 Å². The zero-order valence-electron chi connectivity index (χ0n) is 12.0. The van der Waals surface area contributed by atoms with Crippen molar-refractivity contribution in [3.8, 4) is 0 Å². The lowest BCUT2D eigenvalue weighted by Crippen LogP contribution is -2.28. The van der Waals surface area contributed by atoms with E-state index < -0.39 is 0 Å². The normalized spacial score (nSPS) is 13.2. The van der Waals surface area contributed by atoms with Crippen LogP contribution in [0.25, 0.3) is 0 Å². The minimum Gasteiger partial charge on any atom is -0.326 e. The highest BCUT2D eigenvalue weighted by atomic mass is 16.1. The molecule has 1 rings (SSSR count). The average Bonchev–Trinajstić information content (AvgIpc) is 2.28. The standard InChI is InChI=1S/C15H24N2O/c1-11(10-16-5)14(18)17-13-8-6-12(7-9-13)15(2,3)4/h6-9,11,16H,10H2,1-5H3,(H,17,18). The van der Waals surface area contributed by atoms with E-state index in [1.807, 2.05) is 26.1 Å². The van der Waals surface area contributed by atoms with Crippen molar-refractivity contribution in [1.29, 1.82) is 0 Å². The maximum absolute atomic E-state index is 11.8. The zero-order chi connectivity index (χ0) is 13.8. The lowest BCUT2D eigenvalue weighted by molar-refractivity contribution is -0.119. The highest BCUT2D eigenvalue weighted by Crippen LogP contribution is 2.23. The summed E-state index contributed by atoms with van der Waals surface area (Å²) in [5, 5.41) is 5.93. The van der Waals surface area contributed by atoms with Gasteiger partial charge in [-0.1, -0.05) is 39.8 Å². The molecular formula is C15H24N2O. The summed E-state index contributed by atoms with van der Waals surface area (Å²) >= 11 is 0. The van der Waals surface area contributed by atoms with Gasteiger partial charge in [-0.2, -0.15) is 0 Å². The molecular weight excluding hydrogens is 224 g/mol. The zero-order valence-corrected chi connectivity index (χ0v) is 12.0. The van der Waals surface area contributed by atoms with E-state index in [0.717, 1.165) is 5.69 Å². The average molecular weight is 248 g/mol. The van der Waals surface area contributed by atoms with Crippen LogP contribution in [-0.2, 0) is 10.2 Å². The van der Waals surface area contributed by atoms with Crippen molar-refractivity contribution in [2.24, 2.45) is 5.92 Å². The molecule has 0 radical (unpaired) electrons. The first-order valence-corrected chi connectivity index (χ1v) is 6.40. The molecule has 3 heteroatoms. The summed E-state index contributed by atoms with van der Waals surface area (Å²) in [6.45, 7) is 9.13. The Bertz CT molecular complexity index is 390. The number of hydrogen-bond donors (Lipinski definition) is 2. The van der Waals surface area contributed by atoms with Crippen molar-refractivity contribution in [3.05, 3.63) is 29.8 Å². The number of carbonyl (C=O) groups excluding carboxylic acids is 1. The van der Waals surface area contributed by atoms with Crippen LogP contribution in [-0.4, -0.2) is 19.5 Å². The highest BCUT2D eigenvalue weighted by Gasteiger charge is 2.14. The summed E-state index contributed by atoms with van der Waals surface area (Å²) in [6, 6.07) is 8.06. The molecule has 0 aliphatic rings. The van der Waals surface area contributed by atoms with Crippen molar-refractivity contribution in [3.63, 3.8) is 0 Å². The van der Waals surface area contributed by atoms with Crippen LogP contribution in [0, 0.1) is 5.92 Å². The van der Waals surface area contributed by atoms with E-state index in [2.05, 4.69) is 43.5 Å². The van der Waals surface area contributed by atoms with Gasteiger partial charge in [-0.25, -0.2) is 0 Å². The number of amides is 1. The van der Waals surface area contributed by atoms with Crippen LogP contribution in [0.1, 0.15) is 33.3 Å². The Balaban J connectivity index is 2.67. The second-order valence-electron chi connectivity index (χ2n) is 5.78. The maximum Gasteiger partial charge on any atom is 0.228 e. The molecule has 0 fully saturated rings. The van der Waals surface area contributed by atoms with E-state index in [4.69, 9.17) is 0 Å². The minimum absolute atomic E-state index is 0.0303. The lowest BCUT2D eigenvalue weighted by Gasteiger charge is -2.19. The number of rotatable bonds is 4. The second kappa shape index (κ2) is 6.01. The van der Waals surface area contributed by atoms with E-state index in [9.17, 15) is 4.79 Å². The first-order valence-electron chi connectivity index (χ1n) is 6.40. The second-order valence-corrected chi connectivity index (χ2v) is 5.78. The van der Waals surface area contributed by atoms with Gasteiger partial charge < -0.3 is 10.6 Å². The smallest absolute Gasteiger partial charge is 0.228 e. The third-order valence-electron chi connectivity index (χ3n) is 2.98. The third-order valence-corrected chi connectivity index (χ3v) is 2.98. The van der Waals surface area contributed by atoms with Gasteiger partial charge >= 0.3 is 0 Å². The molecule has 1 unspecified atom stereocenters. The monoisotopic (exact) mass is 248 g/mol. The molecule has 1 aromatic rings. The number of anilines is 1. The molecule has 0 saturated carbocycles. The molecule has 3 nitrogen and oxygen atoms in total. The lowest BCUT2D eigenvalue weighted by atomic mass is 9.87. The van der Waals surface area contributed by atoms with E-state index >= 15 is 0 Å². The molecule has 100 valence electrons. The molecule has 1 amide bonds. The van der Waals surface area contributed by atoms with Gasteiger partial charge in [0.25, 0.3) is 0 Å². The minimum atomic E-state index is -0.0303. The molecule has 2 N–H and O–H groups in total. The van der Waals surface area contributed by atoms with Crippen LogP contribution in [0.5, 0.6) is 0 Å². The van der Waals surface area contributed by atoms with Crippen LogP contribution in [0.2, 0.25) is 0 Å². The Morgan fingerprint density at radius 1 is 1.22 bits per heavy atom. The fourth-order valence-electron chi connectivity index (χ4n) is 1.72. The first-order chi connectivity index (χ1) is 8.34. The predicted molar refractivity (Wildman–Crippen MR) is 76.9 cm³/mol. The van der Waals surface area contributed by atoms with Gasteiger partial charge in [-0.05, 0) is 30.2 Å². The quantitative estimate of drug-likeness (QED) is 0.860. The van der Waals surface area contributed by atoms with Crippen molar-refractivity contribution < 1.29 is 4.79 Å². The molecule has 18 heavy (non-hydrogen) atoms. The summed E-state index contributed by atoms with van der Waals surface area (Å²) in [7, 11) is 1.85. The van der Waals surface area contributed by atoms with Crippen LogP contribution in [0.15, 0.2) is 24.3 Å². The Kier molecular flexibility index (Phi) is 4.91. The van der Waals surface area contributed by atoms with Crippen molar-refractivity contribution >= 4 is 11.6 Å². The number of hydrogen-bond acceptors (Lipinski definition) is 2. The molecule has 1 aromatic carbocycles. The molecule has 0 spiro atoms. The summed E-state index contributed by atoms with van der Waals surface area (Å²) in [5.41, 5.74) is 2.27. The summed E-state index contributed by atoms with van der Waals surface area (Å²) in [4.78, 5) is 11.8. The fourth-order valence-corrected chi connectivity index (χ4v) is 1.72. The van der Waals surface area contributed by atoms with Gasteiger partial charge in [0.15, 0.2) is 0 Å². The predicted octanol–water partition coefficient (Wildman–Crippen LogP) is 2.78. The number of nitrogens with one attached hydrogen (secondary N) is 2. The third kappa shape index (κ3) is 4.15. The van der Waals surface area contributed by atoms with Crippen LogP contribution >= 0.6 is 0 Å². The van der Waals surface area contributed by atoms with Gasteiger partial charge in [0.05, 0.1) is 0 Å². The van der Waals surface area contributed by atoms with Crippen molar-refractivity contribution in [1.82, 2.24) is 5.32 Å². The summed E-state index contributed by atoms with van der Waals surface area (Å²) < 4.78 is 0. The molecule has 1 atom stereocenters. The Labute approximate surface area is 110 Å². The molecule has 0 bridgehead atoms. The highest BCUT2D eigenvalue weighted by molar-refractivity contribution is 5.92. The maximum atomic E-state index is 11.8. The van der Waals surface area contributed by atoms with E-state index in [-0.39, 0.29) is 17.2 Å². The fraction of sp³-hybridized carbons (Fsp3) is 0.533. The Morgan fingerprint density at radius 3 is 2.22 bits per heavy atom. The van der Waals surface area contributed by atoms with Crippen LogP contribution in [0.3, 0.4) is 0 Å². The van der Waals surface area contributed by atoms with Crippen LogP contribution in [0.4, 0.5) is 5.69 Å². The molecule has 0 heterocycles. The van der Waals surface area contributed by atoms with Gasteiger partial charge in [0, 0.05) is 18.2 Å². The largest absolute Gasteiger partial charge is 0.326 e. The summed E-state index contributed by atoms with van der Waals surface area (Å²) in [6.07, 6.45) is 0. The SMILES string of the molecule is CNCC(C)C(=O)Nc1ccc(C(C)(C)C)cc1. The number of benzene rings is 1. The summed E-state index contributed by atoms with van der Waals surface area (Å²) in [5.74, 6) is 0.0187. The topological polar surface area (TPSA) is 41.1 Å². The molecule has 0 aromatic heterocycles. The van der Waals surface area contributed by atoms with E-state index in [0.29, 0.717) is 6.54 Å². The first kappa shape index (κ1) is 14.7. The Hall–Kier alpha value is -1.35. The molecule has 0 saturated heterocycles. The van der Waals surface area contributed by atoms with Crippen LogP contribution < -0.4 is 10.6 Å². The van der Waals surface area contributed by atoms with Crippen molar-refractivity contribution in [2.75, 3.05) is 18.9 Å². The van der Waals surface area contributed by atoms with Gasteiger partial charge in [-0.3, -0.25) is 4.79 Å². The van der Waals surface area contributed by atoms with Gasteiger partial charge in [-0.15, -0.1) is 0 Å². The van der Waals surface area contributed by atoms with E-state index in [1.165, 1.54) is 5.56 Å². The van der Waals surface area contributed by atoms with Gasteiger partial charge in [0.1, 0.15) is 0 Å². The van der Waals surface area contributed by atoms with E-state index in [1.54, 1.807) is 0 Å².